The lowest BCUT2D eigenvalue weighted by atomic mass is 10.0. The first-order valence-corrected chi connectivity index (χ1v) is 40.2. The van der Waals surface area contributed by atoms with Crippen LogP contribution in [0, 0.1) is 0 Å². The van der Waals surface area contributed by atoms with Crippen molar-refractivity contribution >= 4 is 17.9 Å². The summed E-state index contributed by atoms with van der Waals surface area (Å²) < 4.78 is 23.1. The molecule has 0 aliphatic heterocycles. The Morgan fingerprint density at radius 1 is 0.292 bits per heavy atom. The molecule has 9 nitrogen and oxygen atoms in total. The van der Waals surface area contributed by atoms with E-state index in [1.165, 1.54) is 372 Å². The van der Waals surface area contributed by atoms with E-state index in [-0.39, 0.29) is 38.2 Å². The van der Waals surface area contributed by atoms with E-state index in [2.05, 4.69) is 13.8 Å². The summed E-state index contributed by atoms with van der Waals surface area (Å²) >= 11 is 0. The maximum absolute atomic E-state index is 13.0. The summed E-state index contributed by atoms with van der Waals surface area (Å²) in [5.74, 6) is -1.96. The predicted molar refractivity (Wildman–Crippen MR) is 383 cm³/mol. The van der Waals surface area contributed by atoms with Gasteiger partial charge in [0.15, 0.2) is 6.10 Å². The summed E-state index contributed by atoms with van der Waals surface area (Å²) in [5, 5.41) is 9.77. The van der Waals surface area contributed by atoms with Crippen molar-refractivity contribution in [3.63, 3.8) is 0 Å². The van der Waals surface area contributed by atoms with Gasteiger partial charge in [-0.1, -0.05) is 412 Å². The van der Waals surface area contributed by atoms with Crippen LogP contribution in [0.15, 0.2) is 0 Å². The van der Waals surface area contributed by atoms with Gasteiger partial charge in [0, 0.05) is 12.8 Å². The van der Waals surface area contributed by atoms with Gasteiger partial charge in [-0.25, -0.2) is 4.79 Å². The summed E-state index contributed by atoms with van der Waals surface area (Å²) in [4.78, 5) is 37.7. The van der Waals surface area contributed by atoms with Crippen molar-refractivity contribution in [3.8, 4) is 0 Å². The lowest BCUT2D eigenvalue weighted by molar-refractivity contribution is -0.870. The zero-order chi connectivity index (χ0) is 64.7. The quantitative estimate of drug-likeness (QED) is 0.0278. The second kappa shape index (κ2) is 72.1. The van der Waals surface area contributed by atoms with Gasteiger partial charge in [-0.3, -0.25) is 9.59 Å². The Morgan fingerprint density at radius 2 is 0.506 bits per heavy atom. The molecule has 0 fully saturated rings. The van der Waals surface area contributed by atoms with Gasteiger partial charge in [-0.2, -0.15) is 0 Å². The molecule has 0 bridgehead atoms. The molecule has 0 saturated heterocycles. The zero-order valence-electron chi connectivity index (χ0n) is 60.9. The topological polar surface area (TPSA) is 108 Å². The molecule has 0 rings (SSSR count). The highest BCUT2D eigenvalue weighted by atomic mass is 16.7. The average Bonchev–Trinajstić information content (AvgIpc) is 3.64. The number of rotatable bonds is 77. The maximum atomic E-state index is 13.0. The van der Waals surface area contributed by atoms with E-state index < -0.39 is 18.4 Å². The van der Waals surface area contributed by atoms with Gasteiger partial charge in [0.1, 0.15) is 13.2 Å². The van der Waals surface area contributed by atoms with Gasteiger partial charge in [-0.15, -0.1) is 0 Å². The summed E-state index contributed by atoms with van der Waals surface area (Å²) in [5.41, 5.74) is 0. The first kappa shape index (κ1) is 87.3. The number of quaternary nitrogens is 1. The Morgan fingerprint density at radius 3 is 0.719 bits per heavy atom. The van der Waals surface area contributed by atoms with E-state index >= 15 is 0 Å². The molecule has 0 heterocycles. The normalized spacial score (nSPS) is 12.5. The smallest absolute Gasteiger partial charge is 0.361 e. The largest absolute Gasteiger partial charge is 0.477 e. The predicted octanol–water partition coefficient (Wildman–Crippen LogP) is 25.4. The molecule has 530 valence electrons. The third-order valence-electron chi connectivity index (χ3n) is 18.9. The Balaban J connectivity index is 3.91. The first-order chi connectivity index (χ1) is 43.6. The number of carboxylic acid groups (broad SMARTS) is 1. The monoisotopic (exact) mass is 1260 g/mol. The highest BCUT2D eigenvalue weighted by Gasteiger charge is 2.25. The van der Waals surface area contributed by atoms with Crippen molar-refractivity contribution < 1.29 is 42.9 Å². The van der Waals surface area contributed by atoms with Gasteiger partial charge in [0.05, 0.1) is 34.4 Å². The van der Waals surface area contributed by atoms with Crippen LogP contribution in [0.25, 0.3) is 0 Å². The number of esters is 2. The van der Waals surface area contributed by atoms with Crippen LogP contribution in [0.3, 0.4) is 0 Å². The first-order valence-electron chi connectivity index (χ1n) is 40.2. The van der Waals surface area contributed by atoms with Gasteiger partial charge < -0.3 is 28.5 Å². The number of hydrogen-bond donors (Lipinski definition) is 1. The van der Waals surface area contributed by atoms with Crippen molar-refractivity contribution in [2.75, 3.05) is 47.5 Å². The molecule has 0 aromatic carbocycles. The Hall–Kier alpha value is -1.71. The summed E-state index contributed by atoms with van der Waals surface area (Å²) in [7, 11) is 6.00. The number of ether oxygens (including phenoxy) is 4. The van der Waals surface area contributed by atoms with Crippen LogP contribution < -0.4 is 0 Å². The second-order valence-electron chi connectivity index (χ2n) is 29.1. The summed E-state index contributed by atoms with van der Waals surface area (Å²) in [6.07, 6.45) is 85.6. The molecular formula is C80H158NO8+. The number of carbonyl (C=O) groups excluding carboxylic acids is 2. The number of unbranched alkanes of at least 4 members (excludes halogenated alkanes) is 62. The molecular weight excluding hydrogens is 1100 g/mol. The van der Waals surface area contributed by atoms with E-state index in [0.29, 0.717) is 17.4 Å². The third kappa shape index (κ3) is 73.6. The van der Waals surface area contributed by atoms with Crippen molar-refractivity contribution in [1.29, 1.82) is 0 Å². The van der Waals surface area contributed by atoms with Crippen LogP contribution in [-0.2, 0) is 33.3 Å². The maximum Gasteiger partial charge on any atom is 0.361 e. The Kier molecular flexibility index (Phi) is 70.7. The number of aliphatic carboxylic acids is 1. The molecule has 0 aliphatic rings. The SMILES string of the molecule is CCCCCCCCCCCCCCCCCCCCCCCCCCCCCCCCCCCCCCCCCC(=O)OC(COC(=O)CCCCCCCCCCCCCCCCCCCCCCCCCCC)COC(OCC[N+](C)(C)C)C(=O)O. The minimum atomic E-state index is -1.51. The van der Waals surface area contributed by atoms with Crippen LogP contribution in [-0.4, -0.2) is 87.4 Å². The molecule has 0 aromatic rings. The third-order valence-corrected chi connectivity index (χ3v) is 18.9. The van der Waals surface area contributed by atoms with Gasteiger partial charge in [-0.05, 0) is 12.8 Å². The Bertz CT molecular complexity index is 1420. The lowest BCUT2D eigenvalue weighted by Crippen LogP contribution is -2.40. The standard InChI is InChI=1S/C80H157NO8/c1-6-8-10-12-14-16-18-20-22-24-26-28-30-32-33-34-35-36-37-38-39-40-41-42-43-44-45-47-49-51-53-55-57-59-61-63-65-67-69-71-78(83)89-76(75-88-80(79(84)85)86-73-72-81(3,4)5)74-87-77(82)70-68-66-64-62-60-58-56-54-52-50-48-46-31-29-27-25-23-21-19-17-15-13-11-9-7-2/h76,80H,6-75H2,1-5H3/p+1. The van der Waals surface area contributed by atoms with Gasteiger partial charge in [0.25, 0.3) is 6.29 Å². The number of carbonyl (C=O) groups is 3. The van der Waals surface area contributed by atoms with Crippen molar-refractivity contribution in [2.24, 2.45) is 0 Å². The fraction of sp³-hybridized carbons (Fsp3) is 0.963. The fourth-order valence-corrected chi connectivity index (χ4v) is 12.7. The number of likely N-dealkylation sites (N-methyl/N-ethyl adjacent to an activating group) is 1. The number of carboxylic acids is 1. The molecule has 1 N–H and O–H groups in total. The average molecular weight is 1260 g/mol. The second-order valence-corrected chi connectivity index (χ2v) is 29.1. The molecule has 0 saturated carbocycles. The van der Waals surface area contributed by atoms with Crippen LogP contribution in [0.1, 0.15) is 438 Å². The van der Waals surface area contributed by atoms with Gasteiger partial charge >= 0.3 is 17.9 Å². The van der Waals surface area contributed by atoms with Crippen LogP contribution in [0.5, 0.6) is 0 Å². The summed E-state index contributed by atoms with van der Waals surface area (Å²) in [6.45, 7) is 4.98. The molecule has 2 atom stereocenters. The van der Waals surface area contributed by atoms with E-state index in [4.69, 9.17) is 18.9 Å². The van der Waals surface area contributed by atoms with Crippen LogP contribution in [0.4, 0.5) is 0 Å². The van der Waals surface area contributed by atoms with Crippen molar-refractivity contribution in [1.82, 2.24) is 0 Å². The Labute approximate surface area is 555 Å². The minimum Gasteiger partial charge on any atom is -0.477 e. The molecule has 0 amide bonds. The van der Waals surface area contributed by atoms with E-state index in [1.54, 1.807) is 0 Å². The van der Waals surface area contributed by atoms with Crippen molar-refractivity contribution in [3.05, 3.63) is 0 Å². The molecule has 0 radical (unpaired) electrons. The molecule has 0 aliphatic carbocycles. The van der Waals surface area contributed by atoms with Crippen molar-refractivity contribution in [2.45, 2.75) is 450 Å². The molecule has 2 unspecified atom stereocenters. The number of nitrogens with zero attached hydrogens (tertiary/aromatic N) is 1. The zero-order valence-corrected chi connectivity index (χ0v) is 60.9. The van der Waals surface area contributed by atoms with Gasteiger partial charge in [0.2, 0.25) is 0 Å². The minimum absolute atomic E-state index is 0.172. The molecule has 0 aromatic heterocycles. The fourth-order valence-electron chi connectivity index (χ4n) is 12.7. The molecule has 9 heteroatoms. The van der Waals surface area contributed by atoms with Crippen LogP contribution >= 0.6 is 0 Å². The summed E-state index contributed by atoms with van der Waals surface area (Å²) in [6, 6.07) is 0. The van der Waals surface area contributed by atoms with E-state index in [1.807, 2.05) is 21.1 Å². The highest BCUT2D eigenvalue weighted by molar-refractivity contribution is 5.71. The molecule has 89 heavy (non-hydrogen) atoms. The van der Waals surface area contributed by atoms with E-state index in [9.17, 15) is 19.5 Å². The highest BCUT2D eigenvalue weighted by Crippen LogP contribution is 2.21. The van der Waals surface area contributed by atoms with Crippen LogP contribution in [0.2, 0.25) is 0 Å². The lowest BCUT2D eigenvalue weighted by Gasteiger charge is -2.25. The number of hydrogen-bond acceptors (Lipinski definition) is 7. The van der Waals surface area contributed by atoms with E-state index in [0.717, 1.165) is 38.5 Å². The molecule has 0 spiro atoms.